The normalized spacial score (nSPS) is 16.7. The molecular formula is C16H28N4O. The van der Waals surface area contributed by atoms with Crippen molar-refractivity contribution in [2.75, 3.05) is 31.1 Å². The van der Waals surface area contributed by atoms with Crippen molar-refractivity contribution in [1.29, 1.82) is 0 Å². The van der Waals surface area contributed by atoms with Crippen LogP contribution in [0.3, 0.4) is 0 Å². The van der Waals surface area contributed by atoms with E-state index in [-0.39, 0.29) is 0 Å². The molecule has 0 saturated carbocycles. The number of ether oxygens (including phenoxy) is 1. The number of hydrogen-bond acceptors (Lipinski definition) is 5. The summed E-state index contributed by atoms with van der Waals surface area (Å²) in [5.74, 6) is 1.64. The van der Waals surface area contributed by atoms with Gasteiger partial charge < -0.3 is 15.0 Å². The lowest BCUT2D eigenvalue weighted by molar-refractivity contribution is 0.0458. The lowest BCUT2D eigenvalue weighted by Gasteiger charge is -2.32. The Hall–Kier alpha value is -1.20. The summed E-state index contributed by atoms with van der Waals surface area (Å²) in [6.07, 6.45) is 2.57. The highest BCUT2D eigenvalue weighted by Crippen LogP contribution is 2.19. The van der Waals surface area contributed by atoms with E-state index in [2.05, 4.69) is 53.3 Å². The Balaban J connectivity index is 1.79. The van der Waals surface area contributed by atoms with Gasteiger partial charge in [0.05, 0.1) is 11.8 Å². The molecule has 1 fully saturated rings. The molecule has 1 saturated heterocycles. The fourth-order valence-corrected chi connectivity index (χ4v) is 2.59. The lowest BCUT2D eigenvalue weighted by Crippen LogP contribution is -2.37. The average Bonchev–Trinajstić information content (AvgIpc) is 2.49. The molecule has 1 aliphatic rings. The van der Waals surface area contributed by atoms with E-state index >= 15 is 0 Å². The second-order valence-corrected chi connectivity index (χ2v) is 6.05. The third kappa shape index (κ3) is 5.25. The first-order valence-corrected chi connectivity index (χ1v) is 8.09. The summed E-state index contributed by atoms with van der Waals surface area (Å²) in [5, 5.41) is 12.1. The number of aromatic nitrogens is 2. The Bertz CT molecular complexity index is 399. The highest BCUT2D eigenvalue weighted by molar-refractivity contribution is 5.37. The van der Waals surface area contributed by atoms with Gasteiger partial charge in [-0.3, -0.25) is 0 Å². The molecule has 1 aliphatic heterocycles. The molecule has 0 amide bonds. The average molecular weight is 292 g/mol. The SMILES string of the molecule is CCOC1CCN(c2ccc(CNCC(C)C)nn2)CC1. The van der Waals surface area contributed by atoms with Gasteiger partial charge in [0.15, 0.2) is 5.82 Å². The van der Waals surface area contributed by atoms with Crippen LogP contribution in [0.2, 0.25) is 0 Å². The van der Waals surface area contributed by atoms with Crippen LogP contribution in [0, 0.1) is 5.92 Å². The standard InChI is InChI=1S/C16H28N4O/c1-4-21-15-7-9-20(10-8-15)16-6-5-14(18-19-16)12-17-11-13(2)3/h5-6,13,15,17H,4,7-12H2,1-3H3. The van der Waals surface area contributed by atoms with Gasteiger partial charge in [0.1, 0.15) is 0 Å². The number of nitrogens with zero attached hydrogens (tertiary/aromatic N) is 3. The van der Waals surface area contributed by atoms with E-state index in [1.54, 1.807) is 0 Å². The molecule has 0 aromatic carbocycles. The zero-order valence-electron chi connectivity index (χ0n) is 13.5. The molecule has 1 N–H and O–H groups in total. The van der Waals surface area contributed by atoms with E-state index < -0.39 is 0 Å². The van der Waals surface area contributed by atoms with Crippen LogP contribution in [0.1, 0.15) is 39.3 Å². The van der Waals surface area contributed by atoms with Gasteiger partial charge in [-0.1, -0.05) is 13.8 Å². The number of piperidine rings is 1. The summed E-state index contributed by atoms with van der Waals surface area (Å²) in [4.78, 5) is 2.30. The van der Waals surface area contributed by atoms with Crippen molar-refractivity contribution in [3.63, 3.8) is 0 Å². The predicted molar refractivity (Wildman–Crippen MR) is 85.4 cm³/mol. The van der Waals surface area contributed by atoms with Gasteiger partial charge in [-0.2, -0.15) is 5.10 Å². The molecule has 2 heterocycles. The fraction of sp³-hybridized carbons (Fsp3) is 0.750. The molecule has 0 bridgehead atoms. The van der Waals surface area contributed by atoms with E-state index in [0.29, 0.717) is 12.0 Å². The zero-order chi connectivity index (χ0) is 15.1. The third-order valence-electron chi connectivity index (χ3n) is 3.73. The minimum Gasteiger partial charge on any atom is -0.378 e. The van der Waals surface area contributed by atoms with Gasteiger partial charge in [0.2, 0.25) is 0 Å². The molecular weight excluding hydrogens is 264 g/mol. The van der Waals surface area contributed by atoms with Crippen molar-refractivity contribution in [2.45, 2.75) is 46.3 Å². The van der Waals surface area contributed by atoms with Crippen molar-refractivity contribution in [3.8, 4) is 0 Å². The van der Waals surface area contributed by atoms with Crippen molar-refractivity contribution in [1.82, 2.24) is 15.5 Å². The van der Waals surface area contributed by atoms with E-state index in [1.807, 2.05) is 0 Å². The summed E-state index contributed by atoms with van der Waals surface area (Å²) in [7, 11) is 0. The minimum atomic E-state index is 0.415. The van der Waals surface area contributed by atoms with Crippen LogP contribution in [0.25, 0.3) is 0 Å². The number of anilines is 1. The first kappa shape index (κ1) is 16.2. The zero-order valence-corrected chi connectivity index (χ0v) is 13.5. The Kier molecular flexibility index (Phi) is 6.39. The van der Waals surface area contributed by atoms with Crippen molar-refractivity contribution >= 4 is 5.82 Å². The van der Waals surface area contributed by atoms with Crippen LogP contribution < -0.4 is 10.2 Å². The maximum atomic E-state index is 5.68. The lowest BCUT2D eigenvalue weighted by atomic mass is 10.1. The number of hydrogen-bond donors (Lipinski definition) is 1. The molecule has 2 rings (SSSR count). The maximum Gasteiger partial charge on any atom is 0.151 e. The molecule has 0 unspecified atom stereocenters. The molecule has 0 spiro atoms. The molecule has 1 aromatic rings. The van der Waals surface area contributed by atoms with Crippen LogP contribution in [0.15, 0.2) is 12.1 Å². The first-order valence-electron chi connectivity index (χ1n) is 8.09. The largest absolute Gasteiger partial charge is 0.378 e. The minimum absolute atomic E-state index is 0.415. The Morgan fingerprint density at radius 2 is 2.05 bits per heavy atom. The highest BCUT2D eigenvalue weighted by atomic mass is 16.5. The van der Waals surface area contributed by atoms with Crippen molar-refractivity contribution in [2.24, 2.45) is 5.92 Å². The molecule has 1 aromatic heterocycles. The monoisotopic (exact) mass is 292 g/mol. The third-order valence-corrected chi connectivity index (χ3v) is 3.73. The summed E-state index contributed by atoms with van der Waals surface area (Å²) in [5.41, 5.74) is 1.00. The van der Waals surface area contributed by atoms with Crippen LogP contribution in [-0.4, -0.2) is 42.5 Å². The van der Waals surface area contributed by atoms with Gasteiger partial charge in [-0.05, 0) is 44.4 Å². The summed E-state index contributed by atoms with van der Waals surface area (Å²) < 4.78 is 5.68. The van der Waals surface area contributed by atoms with E-state index in [0.717, 1.165) is 57.1 Å². The van der Waals surface area contributed by atoms with Gasteiger partial charge in [0, 0.05) is 26.2 Å². The van der Waals surface area contributed by atoms with Gasteiger partial charge in [-0.25, -0.2) is 0 Å². The fourth-order valence-electron chi connectivity index (χ4n) is 2.59. The van der Waals surface area contributed by atoms with Crippen molar-refractivity contribution < 1.29 is 4.74 Å². The first-order chi connectivity index (χ1) is 10.2. The Labute approximate surface area is 128 Å². The maximum absolute atomic E-state index is 5.68. The summed E-state index contributed by atoms with van der Waals surface area (Å²) in [6.45, 7) is 11.1. The topological polar surface area (TPSA) is 50.3 Å². The van der Waals surface area contributed by atoms with E-state index in [4.69, 9.17) is 4.74 Å². The van der Waals surface area contributed by atoms with Crippen LogP contribution in [0.5, 0.6) is 0 Å². The smallest absolute Gasteiger partial charge is 0.151 e. The summed E-state index contributed by atoms with van der Waals surface area (Å²) in [6, 6.07) is 4.16. The summed E-state index contributed by atoms with van der Waals surface area (Å²) >= 11 is 0. The Morgan fingerprint density at radius 1 is 1.29 bits per heavy atom. The van der Waals surface area contributed by atoms with E-state index in [1.165, 1.54) is 0 Å². The Morgan fingerprint density at radius 3 is 2.62 bits per heavy atom. The molecule has 0 atom stereocenters. The predicted octanol–water partition coefficient (Wildman–Crippen LogP) is 2.23. The molecule has 5 nitrogen and oxygen atoms in total. The molecule has 0 radical (unpaired) electrons. The van der Waals surface area contributed by atoms with E-state index in [9.17, 15) is 0 Å². The molecule has 0 aliphatic carbocycles. The highest BCUT2D eigenvalue weighted by Gasteiger charge is 2.20. The number of rotatable bonds is 7. The second kappa shape index (κ2) is 8.29. The van der Waals surface area contributed by atoms with Crippen LogP contribution in [-0.2, 0) is 11.3 Å². The molecule has 118 valence electrons. The van der Waals surface area contributed by atoms with Gasteiger partial charge >= 0.3 is 0 Å². The van der Waals surface area contributed by atoms with Crippen molar-refractivity contribution in [3.05, 3.63) is 17.8 Å². The van der Waals surface area contributed by atoms with Gasteiger partial charge in [0.25, 0.3) is 0 Å². The molecule has 21 heavy (non-hydrogen) atoms. The van der Waals surface area contributed by atoms with Crippen LogP contribution >= 0.6 is 0 Å². The van der Waals surface area contributed by atoms with Crippen LogP contribution in [0.4, 0.5) is 5.82 Å². The quantitative estimate of drug-likeness (QED) is 0.835. The van der Waals surface area contributed by atoms with Gasteiger partial charge in [-0.15, -0.1) is 5.10 Å². The molecule has 5 heteroatoms. The number of nitrogens with one attached hydrogen (secondary N) is 1. The second-order valence-electron chi connectivity index (χ2n) is 6.05.